The number of carbonyl (C=O) groups excluding carboxylic acids is 1. The van der Waals surface area contributed by atoms with Crippen molar-refractivity contribution in [3.8, 4) is 17.6 Å². The van der Waals surface area contributed by atoms with Crippen LogP contribution in [0.15, 0.2) is 54.2 Å². The fourth-order valence-electron chi connectivity index (χ4n) is 2.61. The Labute approximate surface area is 179 Å². The number of carbonyl (C=O) groups is 1. The van der Waals surface area contributed by atoms with Gasteiger partial charge in [0.05, 0.1) is 18.0 Å². The van der Waals surface area contributed by atoms with Crippen molar-refractivity contribution in [2.75, 3.05) is 24.0 Å². The van der Waals surface area contributed by atoms with E-state index in [0.29, 0.717) is 28.8 Å². The summed E-state index contributed by atoms with van der Waals surface area (Å²) in [6.07, 6.45) is 1.31. The van der Waals surface area contributed by atoms with Crippen molar-refractivity contribution >= 4 is 34.7 Å². The summed E-state index contributed by atoms with van der Waals surface area (Å²) in [5, 5.41) is 18.7. The van der Waals surface area contributed by atoms with Gasteiger partial charge in [0.15, 0.2) is 22.2 Å². The fraction of sp³-hybridized carbons (Fsp3) is 0.190. The number of hydrogen-bond donors (Lipinski definition) is 3. The average molecular weight is 424 g/mol. The molecule has 0 saturated heterocycles. The minimum absolute atomic E-state index is 0.129. The molecule has 1 aliphatic heterocycles. The number of ether oxygens (including phenoxy) is 3. The van der Waals surface area contributed by atoms with Gasteiger partial charge in [0, 0.05) is 12.7 Å². The van der Waals surface area contributed by atoms with Crippen molar-refractivity contribution in [3.63, 3.8) is 0 Å². The van der Waals surface area contributed by atoms with Crippen LogP contribution in [0.2, 0.25) is 0 Å². The predicted octanol–water partition coefficient (Wildman–Crippen LogP) is 3.28. The van der Waals surface area contributed by atoms with E-state index in [1.54, 1.807) is 13.0 Å². The number of nitriles is 1. The number of nitrogens with one attached hydrogen (secondary N) is 3. The van der Waals surface area contributed by atoms with Crippen molar-refractivity contribution < 1.29 is 19.0 Å². The summed E-state index contributed by atoms with van der Waals surface area (Å²) >= 11 is 5.38. The molecule has 0 bridgehead atoms. The monoisotopic (exact) mass is 424 g/mol. The molecule has 0 saturated carbocycles. The molecular formula is C21H20N4O4S. The van der Waals surface area contributed by atoms with Gasteiger partial charge in [-0.25, -0.2) is 4.79 Å². The van der Waals surface area contributed by atoms with Crippen LogP contribution >= 0.6 is 12.2 Å². The van der Waals surface area contributed by atoms with Gasteiger partial charge >= 0.3 is 5.97 Å². The third-order valence-electron chi connectivity index (χ3n) is 4.05. The lowest BCUT2D eigenvalue weighted by Gasteiger charge is -2.14. The van der Waals surface area contributed by atoms with Crippen LogP contribution in [0, 0.1) is 11.3 Å². The summed E-state index contributed by atoms with van der Waals surface area (Å²) in [6.45, 7) is 2.60. The van der Waals surface area contributed by atoms with Gasteiger partial charge in [-0.15, -0.1) is 0 Å². The molecule has 3 rings (SSSR count). The Hall–Kier alpha value is -3.77. The van der Waals surface area contributed by atoms with E-state index in [9.17, 15) is 4.79 Å². The first-order valence-electron chi connectivity index (χ1n) is 9.17. The van der Waals surface area contributed by atoms with Gasteiger partial charge in [0.1, 0.15) is 6.07 Å². The summed E-state index contributed by atoms with van der Waals surface area (Å²) in [5.74, 6) is 0.760. The molecule has 154 valence electrons. The predicted molar refractivity (Wildman–Crippen MR) is 116 cm³/mol. The van der Waals surface area contributed by atoms with Crippen molar-refractivity contribution in [2.24, 2.45) is 0 Å². The van der Waals surface area contributed by atoms with Gasteiger partial charge < -0.3 is 30.2 Å². The van der Waals surface area contributed by atoms with Crippen molar-refractivity contribution in [1.82, 2.24) is 5.32 Å². The number of benzene rings is 2. The Morgan fingerprint density at radius 3 is 2.77 bits per heavy atom. The fourth-order valence-corrected chi connectivity index (χ4v) is 2.80. The van der Waals surface area contributed by atoms with E-state index >= 15 is 0 Å². The number of hydrogen-bond acceptors (Lipinski definition) is 7. The van der Waals surface area contributed by atoms with Crippen LogP contribution in [0.3, 0.4) is 0 Å². The maximum Gasteiger partial charge on any atom is 0.350 e. The molecule has 30 heavy (non-hydrogen) atoms. The standard InChI is InChI=1S/C21H20N4O4S/c1-2-27-20(26)15(10-22)12-23-16-5-3-4-6-17(16)25-21(30)24-11-14-7-8-18-19(9-14)29-13-28-18/h3-9,12,23H,2,11,13H2,1H3,(H2,24,25,30)/b15-12+. The topological polar surface area (TPSA) is 105 Å². The van der Waals surface area contributed by atoms with Crippen LogP contribution in [0.25, 0.3) is 0 Å². The van der Waals surface area contributed by atoms with Crippen LogP contribution in [0.5, 0.6) is 11.5 Å². The second kappa shape index (κ2) is 10.1. The third kappa shape index (κ3) is 5.40. The molecule has 2 aromatic rings. The zero-order valence-corrected chi connectivity index (χ0v) is 17.0. The number of nitrogens with zero attached hydrogens (tertiary/aromatic N) is 1. The van der Waals surface area contributed by atoms with E-state index in [1.807, 2.05) is 42.5 Å². The average Bonchev–Trinajstić information content (AvgIpc) is 3.22. The highest BCUT2D eigenvalue weighted by Crippen LogP contribution is 2.32. The molecule has 8 nitrogen and oxygen atoms in total. The van der Waals surface area contributed by atoms with Crippen molar-refractivity contribution in [1.29, 1.82) is 5.26 Å². The highest BCUT2D eigenvalue weighted by molar-refractivity contribution is 7.80. The van der Waals surface area contributed by atoms with Crippen LogP contribution < -0.4 is 25.4 Å². The minimum atomic E-state index is -0.682. The maximum absolute atomic E-state index is 11.7. The molecule has 9 heteroatoms. The van der Waals surface area contributed by atoms with E-state index in [1.165, 1.54) is 6.20 Å². The van der Waals surface area contributed by atoms with Gasteiger partial charge in [0.25, 0.3) is 0 Å². The molecule has 0 aromatic heterocycles. The van der Waals surface area contributed by atoms with E-state index in [-0.39, 0.29) is 19.0 Å². The van der Waals surface area contributed by atoms with Gasteiger partial charge in [-0.2, -0.15) is 5.26 Å². The smallest absolute Gasteiger partial charge is 0.350 e. The molecule has 1 aliphatic rings. The normalized spacial score (nSPS) is 11.9. The second-order valence-electron chi connectivity index (χ2n) is 6.08. The van der Waals surface area contributed by atoms with Crippen molar-refractivity contribution in [2.45, 2.75) is 13.5 Å². The number of thiocarbonyl (C=S) groups is 1. The Balaban J connectivity index is 1.60. The SMILES string of the molecule is CCOC(=O)/C(C#N)=C/Nc1ccccc1NC(=S)NCc1ccc2c(c1)OCO2. The molecule has 1 heterocycles. The molecule has 0 unspecified atom stereocenters. The quantitative estimate of drug-likeness (QED) is 0.267. The first-order valence-corrected chi connectivity index (χ1v) is 9.58. The summed E-state index contributed by atoms with van der Waals surface area (Å²) in [7, 11) is 0. The first kappa shape index (κ1) is 21.0. The summed E-state index contributed by atoms with van der Waals surface area (Å²) in [5.41, 5.74) is 2.18. The molecule has 0 atom stereocenters. The van der Waals surface area contributed by atoms with E-state index in [2.05, 4.69) is 16.0 Å². The van der Waals surface area contributed by atoms with Crippen LogP contribution in [-0.4, -0.2) is 24.5 Å². The molecule has 0 spiro atoms. The van der Waals surface area contributed by atoms with Crippen LogP contribution in [0.4, 0.5) is 11.4 Å². The lowest BCUT2D eigenvalue weighted by atomic mass is 10.2. The van der Waals surface area contributed by atoms with Crippen LogP contribution in [0.1, 0.15) is 12.5 Å². The lowest BCUT2D eigenvalue weighted by molar-refractivity contribution is -0.138. The second-order valence-corrected chi connectivity index (χ2v) is 6.48. The zero-order valence-electron chi connectivity index (χ0n) is 16.2. The molecule has 0 aliphatic carbocycles. The summed E-state index contributed by atoms with van der Waals surface area (Å²) in [4.78, 5) is 11.7. The number of fused-ring (bicyclic) bond motifs is 1. The molecular weight excluding hydrogens is 404 g/mol. The highest BCUT2D eigenvalue weighted by Gasteiger charge is 2.13. The highest BCUT2D eigenvalue weighted by atomic mass is 32.1. The summed E-state index contributed by atoms with van der Waals surface area (Å²) in [6, 6.07) is 14.8. The van der Waals surface area contributed by atoms with Crippen molar-refractivity contribution in [3.05, 3.63) is 59.8 Å². The van der Waals surface area contributed by atoms with E-state index < -0.39 is 5.97 Å². The van der Waals surface area contributed by atoms with E-state index in [0.717, 1.165) is 11.3 Å². The third-order valence-corrected chi connectivity index (χ3v) is 4.30. The minimum Gasteiger partial charge on any atom is -0.462 e. The van der Waals surface area contributed by atoms with Gasteiger partial charge in [-0.1, -0.05) is 18.2 Å². The van der Waals surface area contributed by atoms with Gasteiger partial charge in [-0.05, 0) is 49.0 Å². The molecule has 0 radical (unpaired) electrons. The molecule has 3 N–H and O–H groups in total. The Kier molecular flexibility index (Phi) is 7.08. The Bertz CT molecular complexity index is 1020. The van der Waals surface area contributed by atoms with Gasteiger partial charge in [-0.3, -0.25) is 0 Å². The number of anilines is 2. The number of rotatable bonds is 7. The number of para-hydroxylation sites is 2. The Morgan fingerprint density at radius 2 is 2.00 bits per heavy atom. The van der Waals surface area contributed by atoms with Crippen LogP contribution in [-0.2, 0) is 16.1 Å². The zero-order chi connectivity index (χ0) is 21.3. The lowest BCUT2D eigenvalue weighted by Crippen LogP contribution is -2.28. The van der Waals surface area contributed by atoms with Gasteiger partial charge in [0.2, 0.25) is 6.79 Å². The summed E-state index contributed by atoms with van der Waals surface area (Å²) < 4.78 is 15.5. The number of esters is 1. The molecule has 2 aromatic carbocycles. The Morgan fingerprint density at radius 1 is 1.23 bits per heavy atom. The molecule has 0 fully saturated rings. The molecule has 0 amide bonds. The largest absolute Gasteiger partial charge is 0.462 e. The maximum atomic E-state index is 11.7. The first-order chi connectivity index (χ1) is 14.6. The van der Waals surface area contributed by atoms with E-state index in [4.69, 9.17) is 31.7 Å².